The fourth-order valence-electron chi connectivity index (χ4n) is 2.75. The maximum atomic E-state index is 6.30. The molecular formula is C15H22N6S. The molecule has 0 radical (unpaired) electrons. The molecule has 0 saturated carbocycles. The summed E-state index contributed by atoms with van der Waals surface area (Å²) in [5.74, 6) is 2.13. The first kappa shape index (κ1) is 15.0. The van der Waals surface area contributed by atoms with E-state index in [1.54, 1.807) is 17.7 Å². The molecule has 7 heteroatoms. The number of hydrogen-bond donors (Lipinski definition) is 2. The highest BCUT2D eigenvalue weighted by Crippen LogP contribution is 2.32. The Kier molecular flexibility index (Phi) is 4.15. The highest BCUT2D eigenvalue weighted by Gasteiger charge is 2.21. The van der Waals surface area contributed by atoms with Gasteiger partial charge in [-0.25, -0.2) is 15.0 Å². The van der Waals surface area contributed by atoms with E-state index < -0.39 is 0 Å². The van der Waals surface area contributed by atoms with Crippen LogP contribution < -0.4 is 16.0 Å². The average molecular weight is 318 g/mol. The van der Waals surface area contributed by atoms with Gasteiger partial charge in [-0.3, -0.25) is 0 Å². The summed E-state index contributed by atoms with van der Waals surface area (Å²) in [6, 6.07) is 0. The van der Waals surface area contributed by atoms with Crippen molar-refractivity contribution in [3.63, 3.8) is 0 Å². The van der Waals surface area contributed by atoms with Crippen LogP contribution in [0.5, 0.6) is 0 Å². The van der Waals surface area contributed by atoms with Crippen molar-refractivity contribution in [3.05, 3.63) is 16.9 Å². The highest BCUT2D eigenvalue weighted by atomic mass is 32.1. The number of anilines is 4. The van der Waals surface area contributed by atoms with Crippen LogP contribution >= 0.6 is 11.3 Å². The standard InChI is InChI=1S/C15H22N6S/c1-9-5-4-6-21(7-9)14-12(16)13(17-8-18-14)20-15-19-10(2)11(3)22-15/h8-9H,4-7,16H2,1-3H3,(H,17,18,19,20). The Morgan fingerprint density at radius 1 is 1.36 bits per heavy atom. The number of thiazole rings is 1. The fourth-order valence-corrected chi connectivity index (χ4v) is 3.56. The van der Waals surface area contributed by atoms with Gasteiger partial charge in [0.1, 0.15) is 12.0 Å². The maximum absolute atomic E-state index is 6.30. The molecule has 1 saturated heterocycles. The normalized spacial score (nSPS) is 18.5. The van der Waals surface area contributed by atoms with Gasteiger partial charge in [0.05, 0.1) is 5.69 Å². The minimum atomic E-state index is 0.599. The molecule has 1 aliphatic heterocycles. The molecule has 2 aromatic rings. The second kappa shape index (κ2) is 6.08. The topological polar surface area (TPSA) is 80.0 Å². The molecule has 3 N–H and O–H groups in total. The lowest BCUT2D eigenvalue weighted by atomic mass is 10.0. The van der Waals surface area contributed by atoms with E-state index in [1.165, 1.54) is 17.7 Å². The van der Waals surface area contributed by atoms with Crippen molar-refractivity contribution in [1.82, 2.24) is 15.0 Å². The van der Waals surface area contributed by atoms with Crippen molar-refractivity contribution in [3.8, 4) is 0 Å². The quantitative estimate of drug-likeness (QED) is 0.905. The van der Waals surface area contributed by atoms with Gasteiger partial charge in [0.15, 0.2) is 16.8 Å². The third-order valence-electron chi connectivity index (χ3n) is 4.07. The zero-order valence-corrected chi connectivity index (χ0v) is 14.1. The lowest BCUT2D eigenvalue weighted by Gasteiger charge is -2.32. The van der Waals surface area contributed by atoms with E-state index in [-0.39, 0.29) is 0 Å². The van der Waals surface area contributed by atoms with Crippen LogP contribution in [0.2, 0.25) is 0 Å². The monoisotopic (exact) mass is 318 g/mol. The molecule has 1 atom stereocenters. The number of nitrogens with two attached hydrogens (primary N) is 1. The minimum Gasteiger partial charge on any atom is -0.393 e. The van der Waals surface area contributed by atoms with Gasteiger partial charge in [-0.15, -0.1) is 11.3 Å². The Hall–Kier alpha value is -1.89. The Bertz CT molecular complexity index is 649. The number of nitrogens with zero attached hydrogens (tertiary/aromatic N) is 4. The lowest BCUT2D eigenvalue weighted by Crippen LogP contribution is -2.35. The second-order valence-electron chi connectivity index (χ2n) is 5.94. The molecule has 0 spiro atoms. The molecule has 118 valence electrons. The number of aryl methyl sites for hydroxylation is 2. The number of aromatic nitrogens is 3. The third kappa shape index (κ3) is 2.99. The van der Waals surface area contributed by atoms with Gasteiger partial charge >= 0.3 is 0 Å². The number of piperidine rings is 1. The Morgan fingerprint density at radius 3 is 2.86 bits per heavy atom. The van der Waals surface area contributed by atoms with Crippen molar-refractivity contribution in [2.24, 2.45) is 5.92 Å². The van der Waals surface area contributed by atoms with Crippen molar-refractivity contribution < 1.29 is 0 Å². The molecule has 3 rings (SSSR count). The van der Waals surface area contributed by atoms with Crippen LogP contribution in [0.4, 0.5) is 22.5 Å². The van der Waals surface area contributed by atoms with Crippen LogP contribution in [-0.2, 0) is 0 Å². The third-order valence-corrected chi connectivity index (χ3v) is 5.06. The molecule has 1 aliphatic rings. The summed E-state index contributed by atoms with van der Waals surface area (Å²) in [6.07, 6.45) is 4.02. The van der Waals surface area contributed by atoms with Gasteiger partial charge < -0.3 is 16.0 Å². The summed E-state index contributed by atoms with van der Waals surface area (Å²) in [5, 5.41) is 4.05. The summed E-state index contributed by atoms with van der Waals surface area (Å²) in [4.78, 5) is 16.6. The van der Waals surface area contributed by atoms with Gasteiger partial charge in [-0.2, -0.15) is 0 Å². The van der Waals surface area contributed by atoms with Crippen molar-refractivity contribution in [2.45, 2.75) is 33.6 Å². The van der Waals surface area contributed by atoms with Gasteiger partial charge in [-0.05, 0) is 32.6 Å². The average Bonchev–Trinajstić information content (AvgIpc) is 2.79. The largest absolute Gasteiger partial charge is 0.393 e. The number of nitrogen functional groups attached to an aromatic ring is 1. The van der Waals surface area contributed by atoms with E-state index in [2.05, 4.69) is 39.0 Å². The molecule has 0 aromatic carbocycles. The number of hydrogen-bond acceptors (Lipinski definition) is 7. The Labute approximate surface area is 134 Å². The lowest BCUT2D eigenvalue weighted by molar-refractivity contribution is 0.445. The summed E-state index contributed by atoms with van der Waals surface area (Å²) >= 11 is 1.61. The van der Waals surface area contributed by atoms with Crippen LogP contribution in [0.1, 0.15) is 30.3 Å². The molecule has 3 heterocycles. The van der Waals surface area contributed by atoms with E-state index in [9.17, 15) is 0 Å². The SMILES string of the molecule is Cc1nc(Nc2ncnc(N3CCCC(C)C3)c2N)sc1C. The Morgan fingerprint density at radius 2 is 2.18 bits per heavy atom. The number of nitrogens with one attached hydrogen (secondary N) is 1. The smallest absolute Gasteiger partial charge is 0.188 e. The zero-order valence-electron chi connectivity index (χ0n) is 13.3. The van der Waals surface area contributed by atoms with Crippen LogP contribution in [-0.4, -0.2) is 28.0 Å². The molecule has 0 bridgehead atoms. The van der Waals surface area contributed by atoms with Gasteiger partial charge in [0.2, 0.25) is 0 Å². The van der Waals surface area contributed by atoms with Crippen molar-refractivity contribution >= 4 is 33.8 Å². The van der Waals surface area contributed by atoms with Crippen LogP contribution in [0, 0.1) is 19.8 Å². The summed E-state index contributed by atoms with van der Waals surface area (Å²) < 4.78 is 0. The predicted octanol–water partition coefficient (Wildman–Crippen LogP) is 3.11. The maximum Gasteiger partial charge on any atom is 0.188 e. The van der Waals surface area contributed by atoms with E-state index in [4.69, 9.17) is 5.73 Å². The molecule has 6 nitrogen and oxygen atoms in total. The van der Waals surface area contributed by atoms with Gasteiger partial charge in [0.25, 0.3) is 0 Å². The predicted molar refractivity (Wildman–Crippen MR) is 91.9 cm³/mol. The van der Waals surface area contributed by atoms with Crippen LogP contribution in [0.25, 0.3) is 0 Å². The second-order valence-corrected chi connectivity index (χ2v) is 7.14. The van der Waals surface area contributed by atoms with Gasteiger partial charge in [0, 0.05) is 18.0 Å². The summed E-state index contributed by atoms with van der Waals surface area (Å²) in [5.41, 5.74) is 7.93. The van der Waals surface area contributed by atoms with Crippen LogP contribution in [0.3, 0.4) is 0 Å². The van der Waals surface area contributed by atoms with E-state index in [1.807, 2.05) is 6.92 Å². The first-order valence-electron chi connectivity index (χ1n) is 7.61. The molecule has 0 amide bonds. The minimum absolute atomic E-state index is 0.599. The van der Waals surface area contributed by atoms with Gasteiger partial charge in [-0.1, -0.05) is 6.92 Å². The Balaban J connectivity index is 1.85. The van der Waals surface area contributed by atoms with E-state index in [0.717, 1.165) is 29.7 Å². The number of rotatable bonds is 3. The summed E-state index contributed by atoms with van der Waals surface area (Å²) in [7, 11) is 0. The van der Waals surface area contributed by atoms with Crippen molar-refractivity contribution in [2.75, 3.05) is 29.0 Å². The van der Waals surface area contributed by atoms with Crippen molar-refractivity contribution in [1.29, 1.82) is 0 Å². The molecular weight excluding hydrogens is 296 g/mol. The summed E-state index contributed by atoms with van der Waals surface area (Å²) in [6.45, 7) is 8.32. The molecule has 2 aromatic heterocycles. The first-order chi connectivity index (χ1) is 10.5. The molecule has 1 fully saturated rings. The van der Waals surface area contributed by atoms with E-state index in [0.29, 0.717) is 17.4 Å². The zero-order chi connectivity index (χ0) is 15.7. The highest BCUT2D eigenvalue weighted by molar-refractivity contribution is 7.15. The molecule has 0 aliphatic carbocycles. The molecule has 22 heavy (non-hydrogen) atoms. The van der Waals surface area contributed by atoms with E-state index >= 15 is 0 Å². The first-order valence-corrected chi connectivity index (χ1v) is 8.42. The van der Waals surface area contributed by atoms with Crippen LogP contribution in [0.15, 0.2) is 6.33 Å². The fraction of sp³-hybridized carbons (Fsp3) is 0.533. The molecule has 1 unspecified atom stereocenters.